The van der Waals surface area contributed by atoms with Gasteiger partial charge in [-0.15, -0.1) is 0 Å². The summed E-state index contributed by atoms with van der Waals surface area (Å²) in [4.78, 5) is 36.6. The number of carbonyl (C=O) groups excluding carboxylic acids is 3. The zero-order chi connectivity index (χ0) is 19.3. The van der Waals surface area contributed by atoms with Gasteiger partial charge < -0.3 is 24.5 Å². The SMILES string of the molecule is CC(C)C(C)C[C@H](NC(=O)Oc1ccoc1)C(=O)N[C@@H]1C(=O)CO[C@H]1C. The molecule has 0 radical (unpaired) electrons. The Morgan fingerprint density at radius 3 is 2.62 bits per heavy atom. The zero-order valence-corrected chi connectivity index (χ0v) is 15.5. The van der Waals surface area contributed by atoms with E-state index in [0.717, 1.165) is 0 Å². The molecule has 1 aliphatic rings. The van der Waals surface area contributed by atoms with Gasteiger partial charge in [0.05, 0.1) is 12.4 Å². The van der Waals surface area contributed by atoms with Crippen molar-refractivity contribution in [2.45, 2.75) is 52.3 Å². The van der Waals surface area contributed by atoms with Gasteiger partial charge in [-0.1, -0.05) is 20.8 Å². The van der Waals surface area contributed by atoms with Crippen LogP contribution in [0.1, 0.15) is 34.1 Å². The maximum atomic E-state index is 12.7. The number of rotatable bonds is 7. The Balaban J connectivity index is 2.02. The zero-order valence-electron chi connectivity index (χ0n) is 15.5. The van der Waals surface area contributed by atoms with E-state index in [9.17, 15) is 14.4 Å². The number of nitrogens with one attached hydrogen (secondary N) is 2. The highest BCUT2D eigenvalue weighted by atomic mass is 16.6. The van der Waals surface area contributed by atoms with E-state index in [2.05, 4.69) is 10.6 Å². The predicted molar refractivity (Wildman–Crippen MR) is 92.6 cm³/mol. The number of ether oxygens (including phenoxy) is 2. The second kappa shape index (κ2) is 8.84. The Labute approximate surface area is 152 Å². The molecule has 4 atom stereocenters. The number of amides is 2. The molecule has 2 heterocycles. The average molecular weight is 366 g/mol. The highest BCUT2D eigenvalue weighted by Gasteiger charge is 2.36. The number of furan rings is 1. The molecule has 0 aliphatic carbocycles. The van der Waals surface area contributed by atoms with Gasteiger partial charge in [-0.25, -0.2) is 4.79 Å². The lowest BCUT2D eigenvalue weighted by Gasteiger charge is -2.25. The molecule has 2 rings (SSSR count). The van der Waals surface area contributed by atoms with Crippen molar-refractivity contribution in [1.29, 1.82) is 0 Å². The summed E-state index contributed by atoms with van der Waals surface area (Å²) in [6.07, 6.45) is 1.92. The van der Waals surface area contributed by atoms with Gasteiger partial charge in [0.2, 0.25) is 5.91 Å². The number of ketones is 1. The summed E-state index contributed by atoms with van der Waals surface area (Å²) < 4.78 is 15.2. The summed E-state index contributed by atoms with van der Waals surface area (Å²) in [6, 6.07) is -0.0415. The van der Waals surface area contributed by atoms with Crippen molar-refractivity contribution in [3.63, 3.8) is 0 Å². The van der Waals surface area contributed by atoms with Crippen LogP contribution in [0.3, 0.4) is 0 Å². The third-order valence-electron chi connectivity index (χ3n) is 4.66. The first-order valence-electron chi connectivity index (χ1n) is 8.73. The maximum absolute atomic E-state index is 12.7. The fraction of sp³-hybridized carbons (Fsp3) is 0.611. The second-order valence-electron chi connectivity index (χ2n) is 6.97. The quantitative estimate of drug-likeness (QED) is 0.763. The molecular weight excluding hydrogens is 340 g/mol. The van der Waals surface area contributed by atoms with Crippen LogP contribution in [-0.4, -0.2) is 42.6 Å². The molecule has 1 saturated heterocycles. The largest absolute Gasteiger partial charge is 0.469 e. The molecule has 2 N–H and O–H groups in total. The molecule has 0 saturated carbocycles. The van der Waals surface area contributed by atoms with Gasteiger partial charge in [-0.2, -0.15) is 0 Å². The highest BCUT2D eigenvalue weighted by molar-refractivity contribution is 5.94. The Kier molecular flexibility index (Phi) is 6.79. The molecule has 1 fully saturated rings. The maximum Gasteiger partial charge on any atom is 0.413 e. The fourth-order valence-corrected chi connectivity index (χ4v) is 2.58. The van der Waals surface area contributed by atoms with Gasteiger partial charge in [-0.05, 0) is 25.2 Å². The lowest BCUT2D eigenvalue weighted by molar-refractivity contribution is -0.127. The van der Waals surface area contributed by atoms with Gasteiger partial charge in [0.25, 0.3) is 0 Å². The van der Waals surface area contributed by atoms with Crippen LogP contribution >= 0.6 is 0 Å². The van der Waals surface area contributed by atoms with Crippen LogP contribution in [-0.2, 0) is 14.3 Å². The Morgan fingerprint density at radius 1 is 1.35 bits per heavy atom. The van der Waals surface area contributed by atoms with Crippen LogP contribution in [0.25, 0.3) is 0 Å². The average Bonchev–Trinajstić information content (AvgIpc) is 3.18. The molecular formula is C18H26N2O6. The highest BCUT2D eigenvalue weighted by Crippen LogP contribution is 2.18. The molecule has 8 nitrogen and oxygen atoms in total. The lowest BCUT2D eigenvalue weighted by Crippen LogP contribution is -2.54. The van der Waals surface area contributed by atoms with Crippen molar-refractivity contribution in [2.75, 3.05) is 6.61 Å². The van der Waals surface area contributed by atoms with Crippen molar-refractivity contribution in [2.24, 2.45) is 11.8 Å². The molecule has 8 heteroatoms. The van der Waals surface area contributed by atoms with Gasteiger partial charge in [-0.3, -0.25) is 9.59 Å². The summed E-state index contributed by atoms with van der Waals surface area (Å²) in [7, 11) is 0. The molecule has 0 bridgehead atoms. The normalized spacial score (nSPS) is 22.1. The third-order valence-corrected chi connectivity index (χ3v) is 4.66. The Morgan fingerprint density at radius 2 is 2.08 bits per heavy atom. The van der Waals surface area contributed by atoms with E-state index in [1.165, 1.54) is 18.6 Å². The summed E-state index contributed by atoms with van der Waals surface area (Å²) >= 11 is 0. The first kappa shape index (κ1) is 20.0. The monoisotopic (exact) mass is 366 g/mol. The van der Waals surface area contributed by atoms with Crippen LogP contribution in [0.15, 0.2) is 23.0 Å². The number of carbonyl (C=O) groups is 3. The molecule has 1 aliphatic heterocycles. The molecule has 0 spiro atoms. The first-order chi connectivity index (χ1) is 12.3. The van der Waals surface area contributed by atoms with Crippen molar-refractivity contribution in [3.05, 3.63) is 18.6 Å². The molecule has 1 unspecified atom stereocenters. The second-order valence-corrected chi connectivity index (χ2v) is 6.97. The molecule has 0 aromatic carbocycles. The first-order valence-corrected chi connectivity index (χ1v) is 8.73. The van der Waals surface area contributed by atoms with Crippen LogP contribution in [0.2, 0.25) is 0 Å². The van der Waals surface area contributed by atoms with Crippen LogP contribution in [0, 0.1) is 11.8 Å². The van der Waals surface area contributed by atoms with E-state index in [4.69, 9.17) is 13.9 Å². The van der Waals surface area contributed by atoms with E-state index in [1.54, 1.807) is 6.92 Å². The van der Waals surface area contributed by atoms with Gasteiger partial charge in [0, 0.05) is 6.07 Å². The number of hydrogen-bond acceptors (Lipinski definition) is 6. The van der Waals surface area contributed by atoms with Crippen molar-refractivity contribution in [3.8, 4) is 5.75 Å². The number of hydrogen-bond donors (Lipinski definition) is 2. The predicted octanol–water partition coefficient (Wildman–Crippen LogP) is 1.89. The smallest absolute Gasteiger partial charge is 0.413 e. The molecule has 1 aromatic heterocycles. The summed E-state index contributed by atoms with van der Waals surface area (Å²) in [5, 5.41) is 5.26. The number of Topliss-reactive ketones (excluding diaryl/α,β-unsaturated/α-hetero) is 1. The van der Waals surface area contributed by atoms with E-state index in [1.807, 2.05) is 20.8 Å². The van der Waals surface area contributed by atoms with E-state index in [0.29, 0.717) is 12.3 Å². The van der Waals surface area contributed by atoms with Crippen LogP contribution in [0.4, 0.5) is 4.79 Å². The standard InChI is InChI=1S/C18H26N2O6/c1-10(2)11(3)7-14(19-18(23)26-13-5-6-24-8-13)17(22)20-16-12(4)25-9-15(16)21/h5-6,8,10-12,14,16H,7,9H2,1-4H3,(H,19,23)(H,20,22)/t11?,12-,14-,16-/m0/s1. The molecule has 1 aromatic rings. The minimum absolute atomic E-state index is 0.0187. The fourth-order valence-electron chi connectivity index (χ4n) is 2.58. The van der Waals surface area contributed by atoms with Crippen molar-refractivity contribution in [1.82, 2.24) is 10.6 Å². The summed E-state index contributed by atoms with van der Waals surface area (Å²) in [5.74, 6) is 0.131. The summed E-state index contributed by atoms with van der Waals surface area (Å²) in [5.41, 5.74) is 0. The van der Waals surface area contributed by atoms with Gasteiger partial charge >= 0.3 is 6.09 Å². The van der Waals surface area contributed by atoms with Crippen LogP contribution < -0.4 is 15.4 Å². The minimum atomic E-state index is -0.826. The van der Waals surface area contributed by atoms with Crippen molar-refractivity contribution >= 4 is 17.8 Å². The Bertz CT molecular complexity index is 628. The minimum Gasteiger partial charge on any atom is -0.469 e. The summed E-state index contributed by atoms with van der Waals surface area (Å²) in [6.45, 7) is 7.79. The third kappa shape index (κ3) is 5.32. The van der Waals surface area contributed by atoms with Crippen molar-refractivity contribution < 1.29 is 28.3 Å². The van der Waals surface area contributed by atoms with Crippen LogP contribution in [0.5, 0.6) is 5.75 Å². The lowest BCUT2D eigenvalue weighted by atomic mass is 9.90. The topological polar surface area (TPSA) is 107 Å². The van der Waals surface area contributed by atoms with E-state index >= 15 is 0 Å². The van der Waals surface area contributed by atoms with Gasteiger partial charge in [0.15, 0.2) is 11.5 Å². The van der Waals surface area contributed by atoms with E-state index < -0.39 is 30.2 Å². The molecule has 26 heavy (non-hydrogen) atoms. The molecule has 144 valence electrons. The van der Waals surface area contributed by atoms with Gasteiger partial charge in [0.1, 0.15) is 25.0 Å². The molecule has 2 amide bonds. The Hall–Kier alpha value is -2.35. The van der Waals surface area contributed by atoms with E-state index in [-0.39, 0.29) is 24.1 Å².